The second kappa shape index (κ2) is 7.99. The molecular formula is C23H19F3N4O2. The summed E-state index contributed by atoms with van der Waals surface area (Å²) in [6.07, 6.45) is -3.69. The number of hydrogen-bond acceptors (Lipinski definition) is 4. The van der Waals surface area contributed by atoms with E-state index in [1.165, 1.54) is 12.1 Å². The van der Waals surface area contributed by atoms with Gasteiger partial charge in [-0.2, -0.15) is 18.3 Å². The summed E-state index contributed by atoms with van der Waals surface area (Å²) in [5.74, 6) is -0.647. The average Bonchev–Trinajstić information content (AvgIpc) is 3.18. The molecule has 0 spiro atoms. The molecule has 0 radical (unpaired) electrons. The minimum absolute atomic E-state index is 0.0669. The van der Waals surface area contributed by atoms with Crippen molar-refractivity contribution in [2.75, 3.05) is 5.32 Å². The number of fused-ring (bicyclic) bond motifs is 1. The zero-order valence-electron chi connectivity index (χ0n) is 17.2. The van der Waals surface area contributed by atoms with Gasteiger partial charge < -0.3 is 10.4 Å². The Hall–Kier alpha value is -3.88. The number of anilines is 1. The SMILES string of the molecule is CC(C)c1ccc(-c2cc(C(F)(F)F)n3ncc(C(=O)Nc4ccccc4O)c3n2)cc1. The van der Waals surface area contributed by atoms with Gasteiger partial charge in [0.1, 0.15) is 11.3 Å². The number of phenols is 1. The molecule has 2 aromatic heterocycles. The summed E-state index contributed by atoms with van der Waals surface area (Å²) in [4.78, 5) is 17.1. The smallest absolute Gasteiger partial charge is 0.433 e. The zero-order chi connectivity index (χ0) is 23.0. The number of carbonyl (C=O) groups is 1. The molecule has 0 unspecified atom stereocenters. The first-order valence-corrected chi connectivity index (χ1v) is 9.81. The largest absolute Gasteiger partial charge is 0.506 e. The topological polar surface area (TPSA) is 79.5 Å². The number of phenolic OH excluding ortho intramolecular Hbond substituents is 1. The molecule has 32 heavy (non-hydrogen) atoms. The van der Waals surface area contributed by atoms with Crippen molar-refractivity contribution in [1.82, 2.24) is 14.6 Å². The molecule has 0 aliphatic rings. The zero-order valence-corrected chi connectivity index (χ0v) is 17.2. The van der Waals surface area contributed by atoms with Crippen LogP contribution in [0.3, 0.4) is 0 Å². The number of carbonyl (C=O) groups excluding carboxylic acids is 1. The summed E-state index contributed by atoms with van der Waals surface area (Å²) in [6.45, 7) is 4.03. The van der Waals surface area contributed by atoms with E-state index < -0.39 is 17.8 Å². The van der Waals surface area contributed by atoms with Crippen molar-refractivity contribution >= 4 is 17.2 Å². The molecule has 0 aliphatic heterocycles. The van der Waals surface area contributed by atoms with Crippen LogP contribution in [0.2, 0.25) is 0 Å². The van der Waals surface area contributed by atoms with Crippen molar-refractivity contribution in [3.05, 3.63) is 77.6 Å². The Morgan fingerprint density at radius 1 is 1.09 bits per heavy atom. The number of rotatable bonds is 4. The van der Waals surface area contributed by atoms with Crippen molar-refractivity contribution in [2.24, 2.45) is 0 Å². The number of aromatic hydroxyl groups is 1. The van der Waals surface area contributed by atoms with Crippen LogP contribution in [0, 0.1) is 0 Å². The molecule has 4 rings (SSSR count). The van der Waals surface area contributed by atoms with Crippen LogP contribution in [-0.4, -0.2) is 25.6 Å². The van der Waals surface area contributed by atoms with Gasteiger partial charge in [0.15, 0.2) is 11.3 Å². The lowest BCUT2D eigenvalue weighted by Gasteiger charge is -2.12. The Labute approximate surface area is 181 Å². The first-order chi connectivity index (χ1) is 15.1. The monoisotopic (exact) mass is 440 g/mol. The highest BCUT2D eigenvalue weighted by molar-refractivity contribution is 6.08. The highest BCUT2D eigenvalue weighted by Crippen LogP contribution is 2.33. The molecule has 0 bridgehead atoms. The van der Waals surface area contributed by atoms with Crippen molar-refractivity contribution in [3.8, 4) is 17.0 Å². The van der Waals surface area contributed by atoms with E-state index in [0.29, 0.717) is 10.1 Å². The lowest BCUT2D eigenvalue weighted by molar-refractivity contribution is -0.142. The third-order valence-electron chi connectivity index (χ3n) is 5.03. The molecule has 0 fully saturated rings. The van der Waals surface area contributed by atoms with Crippen molar-refractivity contribution in [2.45, 2.75) is 25.9 Å². The number of benzene rings is 2. The molecule has 0 aliphatic carbocycles. The van der Waals surface area contributed by atoms with Gasteiger partial charge in [-0.15, -0.1) is 0 Å². The highest BCUT2D eigenvalue weighted by Gasteiger charge is 2.36. The molecular weight excluding hydrogens is 421 g/mol. The van der Waals surface area contributed by atoms with Gasteiger partial charge in [-0.05, 0) is 29.7 Å². The minimum Gasteiger partial charge on any atom is -0.506 e. The van der Waals surface area contributed by atoms with E-state index >= 15 is 0 Å². The van der Waals surface area contributed by atoms with Gasteiger partial charge in [-0.1, -0.05) is 50.2 Å². The summed E-state index contributed by atoms with van der Waals surface area (Å²) in [5.41, 5.74) is 0.265. The van der Waals surface area contributed by atoms with Gasteiger partial charge in [0.25, 0.3) is 5.91 Å². The standard InChI is InChI=1S/C23H19F3N4O2/c1-13(2)14-7-9-15(10-8-14)18-11-20(23(24,25)26)30-21(28-18)16(12-27-30)22(32)29-17-5-3-4-6-19(17)31/h3-13,31H,1-2H3,(H,29,32). The average molecular weight is 440 g/mol. The number of aromatic nitrogens is 3. The van der Waals surface area contributed by atoms with Crippen molar-refractivity contribution in [1.29, 1.82) is 0 Å². The van der Waals surface area contributed by atoms with Crippen LogP contribution in [0.1, 0.15) is 41.4 Å². The third kappa shape index (κ3) is 4.01. The Morgan fingerprint density at radius 2 is 1.78 bits per heavy atom. The fourth-order valence-electron chi connectivity index (χ4n) is 3.28. The Kier molecular flexibility index (Phi) is 5.33. The number of nitrogens with zero attached hydrogens (tertiary/aromatic N) is 3. The van der Waals surface area contributed by atoms with Gasteiger partial charge in [-0.25, -0.2) is 9.50 Å². The van der Waals surface area contributed by atoms with Crippen LogP contribution in [-0.2, 0) is 6.18 Å². The Morgan fingerprint density at radius 3 is 2.41 bits per heavy atom. The van der Waals surface area contributed by atoms with Crippen LogP contribution in [0.5, 0.6) is 5.75 Å². The first-order valence-electron chi connectivity index (χ1n) is 9.81. The van der Waals surface area contributed by atoms with E-state index in [1.807, 2.05) is 26.0 Å². The van der Waals surface area contributed by atoms with Crippen LogP contribution >= 0.6 is 0 Å². The number of para-hydroxylation sites is 2. The summed E-state index contributed by atoms with van der Waals surface area (Å²) < 4.78 is 41.9. The quantitative estimate of drug-likeness (QED) is 0.411. The van der Waals surface area contributed by atoms with E-state index in [9.17, 15) is 23.1 Å². The van der Waals surface area contributed by atoms with Crippen LogP contribution in [0.25, 0.3) is 16.9 Å². The molecule has 9 heteroatoms. The molecule has 164 valence electrons. The van der Waals surface area contributed by atoms with Crippen molar-refractivity contribution < 1.29 is 23.1 Å². The summed E-state index contributed by atoms with van der Waals surface area (Å²) in [7, 11) is 0. The fourth-order valence-corrected chi connectivity index (χ4v) is 3.28. The summed E-state index contributed by atoms with van der Waals surface area (Å²) >= 11 is 0. The predicted octanol–water partition coefficient (Wildman–Crippen LogP) is 5.50. The van der Waals surface area contributed by atoms with Gasteiger partial charge in [0, 0.05) is 5.56 Å². The van der Waals surface area contributed by atoms with Gasteiger partial charge in [-0.3, -0.25) is 4.79 Å². The van der Waals surface area contributed by atoms with Crippen LogP contribution < -0.4 is 5.32 Å². The van der Waals surface area contributed by atoms with Gasteiger partial charge in [0.2, 0.25) is 0 Å². The minimum atomic E-state index is -4.72. The molecule has 2 heterocycles. The maximum absolute atomic E-state index is 13.8. The molecule has 2 aromatic carbocycles. The van der Waals surface area contributed by atoms with E-state index in [4.69, 9.17) is 0 Å². The predicted molar refractivity (Wildman–Crippen MR) is 114 cm³/mol. The van der Waals surface area contributed by atoms with E-state index in [2.05, 4.69) is 15.4 Å². The van der Waals surface area contributed by atoms with Crippen LogP contribution in [0.4, 0.5) is 18.9 Å². The normalized spacial score (nSPS) is 11.8. The Bertz CT molecular complexity index is 1300. The number of amides is 1. The number of nitrogens with one attached hydrogen (secondary N) is 1. The lowest BCUT2D eigenvalue weighted by atomic mass is 10.0. The first kappa shape index (κ1) is 21.4. The summed E-state index contributed by atoms with van der Waals surface area (Å²) in [5, 5.41) is 16.1. The third-order valence-corrected chi connectivity index (χ3v) is 5.03. The molecule has 0 atom stereocenters. The highest BCUT2D eigenvalue weighted by atomic mass is 19.4. The van der Waals surface area contributed by atoms with E-state index in [0.717, 1.165) is 17.8 Å². The lowest BCUT2D eigenvalue weighted by Crippen LogP contribution is -2.16. The van der Waals surface area contributed by atoms with Crippen LogP contribution in [0.15, 0.2) is 60.8 Å². The van der Waals surface area contributed by atoms with E-state index in [1.54, 1.807) is 24.3 Å². The molecule has 4 aromatic rings. The molecule has 0 saturated carbocycles. The maximum atomic E-state index is 13.8. The number of halogens is 3. The molecule has 0 saturated heterocycles. The van der Waals surface area contributed by atoms with E-state index in [-0.39, 0.29) is 34.3 Å². The molecule has 1 amide bonds. The second-order valence-corrected chi connectivity index (χ2v) is 7.57. The summed E-state index contributed by atoms with van der Waals surface area (Å²) in [6, 6.07) is 14.0. The Balaban J connectivity index is 1.83. The second-order valence-electron chi connectivity index (χ2n) is 7.57. The van der Waals surface area contributed by atoms with Gasteiger partial charge in [0.05, 0.1) is 17.6 Å². The number of hydrogen-bond donors (Lipinski definition) is 2. The maximum Gasteiger partial charge on any atom is 0.433 e. The fraction of sp³-hybridized carbons (Fsp3) is 0.174. The molecule has 6 nitrogen and oxygen atoms in total. The van der Waals surface area contributed by atoms with Gasteiger partial charge >= 0.3 is 6.18 Å². The molecule has 2 N–H and O–H groups in total. The number of alkyl halides is 3. The van der Waals surface area contributed by atoms with Crippen molar-refractivity contribution in [3.63, 3.8) is 0 Å².